The van der Waals surface area contributed by atoms with Crippen molar-refractivity contribution < 1.29 is 4.74 Å². The maximum atomic E-state index is 5.98. The van der Waals surface area contributed by atoms with Crippen LogP contribution in [0, 0.1) is 0 Å². The molecule has 3 aromatic rings. The van der Waals surface area contributed by atoms with E-state index in [2.05, 4.69) is 20.9 Å². The van der Waals surface area contributed by atoms with E-state index in [1.165, 1.54) is 0 Å². The first-order valence-electron chi connectivity index (χ1n) is 6.24. The maximum absolute atomic E-state index is 5.98. The van der Waals surface area contributed by atoms with Crippen LogP contribution in [0.3, 0.4) is 0 Å². The van der Waals surface area contributed by atoms with Crippen LogP contribution >= 0.6 is 15.9 Å². The van der Waals surface area contributed by atoms with E-state index < -0.39 is 0 Å². The predicted octanol–water partition coefficient (Wildman–Crippen LogP) is 4.16. The molecule has 0 fully saturated rings. The van der Waals surface area contributed by atoms with E-state index in [0.717, 1.165) is 20.9 Å². The number of benzene rings is 2. The number of nitrogen functional groups attached to an aromatic ring is 1. The number of aromatic nitrogens is 1. The van der Waals surface area contributed by atoms with Crippen LogP contribution < -0.4 is 10.5 Å². The van der Waals surface area contributed by atoms with Crippen molar-refractivity contribution >= 4 is 32.5 Å². The summed E-state index contributed by atoms with van der Waals surface area (Å²) in [4.78, 5) is 4.30. The molecule has 0 saturated carbocycles. The number of para-hydroxylation sites is 1. The van der Waals surface area contributed by atoms with Gasteiger partial charge in [0, 0.05) is 9.86 Å². The molecule has 3 nitrogen and oxygen atoms in total. The zero-order chi connectivity index (χ0) is 13.9. The molecule has 0 aliphatic carbocycles. The van der Waals surface area contributed by atoms with Gasteiger partial charge in [-0.15, -0.1) is 0 Å². The van der Waals surface area contributed by atoms with Gasteiger partial charge in [-0.1, -0.05) is 40.2 Å². The summed E-state index contributed by atoms with van der Waals surface area (Å²) in [6.07, 6.45) is 1.64. The van der Waals surface area contributed by atoms with Crippen LogP contribution in [0.25, 0.3) is 10.9 Å². The van der Waals surface area contributed by atoms with Gasteiger partial charge in [0.25, 0.3) is 0 Å². The molecular formula is C16H13BrN2O. The molecule has 0 aliphatic rings. The molecule has 0 radical (unpaired) electrons. The zero-order valence-corrected chi connectivity index (χ0v) is 12.3. The fourth-order valence-corrected chi connectivity index (χ4v) is 2.29. The topological polar surface area (TPSA) is 48.1 Å². The smallest absolute Gasteiger partial charge is 0.153 e. The van der Waals surface area contributed by atoms with Gasteiger partial charge in [0.05, 0.1) is 17.4 Å². The molecule has 1 heterocycles. The fraction of sp³-hybridized carbons (Fsp3) is 0.0625. The summed E-state index contributed by atoms with van der Waals surface area (Å²) in [5, 5.41) is 0.935. The number of nitrogens with zero attached hydrogens (tertiary/aromatic N) is 1. The Morgan fingerprint density at radius 3 is 2.60 bits per heavy atom. The Morgan fingerprint density at radius 1 is 1.05 bits per heavy atom. The lowest BCUT2D eigenvalue weighted by molar-refractivity contribution is 0.311. The minimum absolute atomic E-state index is 0.478. The number of hydrogen-bond acceptors (Lipinski definition) is 3. The third-order valence-corrected chi connectivity index (χ3v) is 3.58. The molecule has 1 aromatic heterocycles. The van der Waals surface area contributed by atoms with Crippen molar-refractivity contribution in [2.75, 3.05) is 5.73 Å². The van der Waals surface area contributed by atoms with E-state index in [-0.39, 0.29) is 0 Å². The highest BCUT2D eigenvalue weighted by atomic mass is 79.9. The number of rotatable bonds is 3. The monoisotopic (exact) mass is 328 g/mol. The van der Waals surface area contributed by atoms with Gasteiger partial charge in [-0.25, -0.2) is 0 Å². The number of halogens is 1. The second kappa shape index (κ2) is 5.51. The summed E-state index contributed by atoms with van der Waals surface area (Å²) < 4.78 is 6.95. The van der Waals surface area contributed by atoms with Crippen molar-refractivity contribution in [3.05, 3.63) is 64.8 Å². The quantitative estimate of drug-likeness (QED) is 0.785. The van der Waals surface area contributed by atoms with E-state index in [1.807, 2.05) is 48.5 Å². The van der Waals surface area contributed by atoms with Crippen LogP contribution in [-0.4, -0.2) is 4.98 Å². The summed E-state index contributed by atoms with van der Waals surface area (Å²) in [5.41, 5.74) is 8.51. The minimum atomic E-state index is 0.478. The highest BCUT2D eigenvalue weighted by Gasteiger charge is 2.07. The lowest BCUT2D eigenvalue weighted by Crippen LogP contribution is -2.00. The van der Waals surface area contributed by atoms with Crippen molar-refractivity contribution in [2.24, 2.45) is 0 Å². The third kappa shape index (κ3) is 2.60. The molecular weight excluding hydrogens is 316 g/mol. The molecule has 0 atom stereocenters. The van der Waals surface area contributed by atoms with E-state index in [9.17, 15) is 0 Å². The normalized spacial score (nSPS) is 10.7. The predicted molar refractivity (Wildman–Crippen MR) is 84.6 cm³/mol. The number of pyridine rings is 1. The first-order valence-corrected chi connectivity index (χ1v) is 7.04. The molecule has 100 valence electrons. The van der Waals surface area contributed by atoms with Crippen molar-refractivity contribution in [3.8, 4) is 5.75 Å². The average Bonchev–Trinajstić information content (AvgIpc) is 2.48. The Labute approximate surface area is 125 Å². The van der Waals surface area contributed by atoms with Crippen LogP contribution in [-0.2, 0) is 6.61 Å². The van der Waals surface area contributed by atoms with E-state index >= 15 is 0 Å². The van der Waals surface area contributed by atoms with Gasteiger partial charge < -0.3 is 10.5 Å². The van der Waals surface area contributed by atoms with Crippen molar-refractivity contribution in [1.82, 2.24) is 4.98 Å². The summed E-state index contributed by atoms with van der Waals surface area (Å²) in [6.45, 7) is 0.478. The van der Waals surface area contributed by atoms with Gasteiger partial charge in [-0.2, -0.15) is 0 Å². The number of anilines is 1. The van der Waals surface area contributed by atoms with Crippen LogP contribution in [0.1, 0.15) is 5.56 Å². The maximum Gasteiger partial charge on any atom is 0.153 e. The molecule has 2 N–H and O–H groups in total. The van der Waals surface area contributed by atoms with Gasteiger partial charge in [0.15, 0.2) is 5.75 Å². The Hall–Kier alpha value is -2.07. The first kappa shape index (κ1) is 12.9. The lowest BCUT2D eigenvalue weighted by atomic mass is 10.2. The molecule has 0 bridgehead atoms. The standard InChI is InChI=1S/C16H13BrN2O/c17-12-7-5-11(6-8-12)10-20-16-13-3-1-2-4-15(13)19-9-14(16)18/h1-9H,10,18H2. The van der Waals surface area contributed by atoms with Gasteiger partial charge >= 0.3 is 0 Å². The van der Waals surface area contributed by atoms with Crippen molar-refractivity contribution in [2.45, 2.75) is 6.61 Å². The Morgan fingerprint density at radius 2 is 1.80 bits per heavy atom. The zero-order valence-electron chi connectivity index (χ0n) is 10.7. The molecule has 0 spiro atoms. The first-order chi connectivity index (χ1) is 9.74. The number of hydrogen-bond donors (Lipinski definition) is 1. The van der Waals surface area contributed by atoms with Crippen LogP contribution in [0.2, 0.25) is 0 Å². The summed E-state index contributed by atoms with van der Waals surface area (Å²) in [6, 6.07) is 15.8. The molecule has 3 rings (SSSR count). The van der Waals surface area contributed by atoms with Crippen LogP contribution in [0.15, 0.2) is 59.2 Å². The van der Waals surface area contributed by atoms with E-state index in [0.29, 0.717) is 18.0 Å². The second-order valence-electron chi connectivity index (χ2n) is 4.47. The molecule has 4 heteroatoms. The van der Waals surface area contributed by atoms with Gasteiger partial charge in [0.1, 0.15) is 6.61 Å². The molecule has 2 aromatic carbocycles. The molecule has 0 aliphatic heterocycles. The Balaban J connectivity index is 1.90. The van der Waals surface area contributed by atoms with E-state index in [4.69, 9.17) is 10.5 Å². The molecule has 0 saturated heterocycles. The number of nitrogens with two attached hydrogens (primary N) is 1. The third-order valence-electron chi connectivity index (χ3n) is 3.05. The largest absolute Gasteiger partial charge is 0.486 e. The Bertz CT molecular complexity index is 741. The van der Waals surface area contributed by atoms with E-state index in [1.54, 1.807) is 6.20 Å². The minimum Gasteiger partial charge on any atom is -0.486 e. The average molecular weight is 329 g/mol. The Kier molecular flexibility index (Phi) is 3.56. The second-order valence-corrected chi connectivity index (χ2v) is 5.39. The highest BCUT2D eigenvalue weighted by molar-refractivity contribution is 9.10. The van der Waals surface area contributed by atoms with Gasteiger partial charge in [-0.05, 0) is 29.8 Å². The highest BCUT2D eigenvalue weighted by Crippen LogP contribution is 2.30. The van der Waals surface area contributed by atoms with Crippen molar-refractivity contribution in [1.29, 1.82) is 0 Å². The molecule has 20 heavy (non-hydrogen) atoms. The van der Waals surface area contributed by atoms with Crippen LogP contribution in [0.4, 0.5) is 5.69 Å². The fourth-order valence-electron chi connectivity index (χ4n) is 2.03. The van der Waals surface area contributed by atoms with Crippen LogP contribution in [0.5, 0.6) is 5.75 Å². The summed E-state index contributed by atoms with van der Waals surface area (Å²) in [5.74, 6) is 0.693. The van der Waals surface area contributed by atoms with Gasteiger partial charge in [-0.3, -0.25) is 4.98 Å². The summed E-state index contributed by atoms with van der Waals surface area (Å²) >= 11 is 3.42. The summed E-state index contributed by atoms with van der Waals surface area (Å²) in [7, 11) is 0. The number of fused-ring (bicyclic) bond motifs is 1. The number of ether oxygens (including phenoxy) is 1. The lowest BCUT2D eigenvalue weighted by Gasteiger charge is -2.11. The molecule has 0 amide bonds. The van der Waals surface area contributed by atoms with Gasteiger partial charge in [0.2, 0.25) is 0 Å². The molecule has 0 unspecified atom stereocenters. The van der Waals surface area contributed by atoms with Crippen molar-refractivity contribution in [3.63, 3.8) is 0 Å². The SMILES string of the molecule is Nc1cnc2ccccc2c1OCc1ccc(Br)cc1.